The number of carbonyl (C=O) groups is 4. The molecule has 1 aliphatic rings. The van der Waals surface area contributed by atoms with Gasteiger partial charge in [-0.05, 0) is 44.0 Å². The van der Waals surface area contributed by atoms with Crippen LogP contribution in [-0.4, -0.2) is 58.3 Å². The van der Waals surface area contributed by atoms with Crippen molar-refractivity contribution in [3.63, 3.8) is 0 Å². The number of aliphatic carboxylic acids is 2. The molecule has 5 rings (SSSR count). The number of rotatable bonds is 8. The number of benzene rings is 1. The summed E-state index contributed by atoms with van der Waals surface area (Å²) in [6.45, 7) is 1.76. The summed E-state index contributed by atoms with van der Waals surface area (Å²) in [7, 11) is 1.64. The van der Waals surface area contributed by atoms with E-state index in [0.29, 0.717) is 35.0 Å². The number of aryl methyl sites for hydroxylation is 2. The van der Waals surface area contributed by atoms with Gasteiger partial charge in [0, 0.05) is 37.3 Å². The molecular weight excluding hydrogens is 553 g/mol. The highest BCUT2D eigenvalue weighted by Crippen LogP contribution is 2.30. The predicted octanol–water partition coefficient (Wildman–Crippen LogP) is 3.65. The number of carboxylic acids is 2. The number of halogens is 1. The van der Waals surface area contributed by atoms with Crippen molar-refractivity contribution in [2.45, 2.75) is 27.2 Å². The summed E-state index contributed by atoms with van der Waals surface area (Å²) in [5.41, 5.74) is 1.48. The molecule has 0 spiro atoms. The van der Waals surface area contributed by atoms with Crippen LogP contribution in [0.4, 0.5) is 15.9 Å². The Morgan fingerprint density at radius 2 is 1.71 bits per heavy atom. The molecule has 1 fully saturated rings. The third-order valence-electron chi connectivity index (χ3n) is 5.51. The number of anilines is 2. The lowest BCUT2D eigenvalue weighted by molar-refractivity contribution is -0.134. The molecule has 3 aromatic heterocycles. The summed E-state index contributed by atoms with van der Waals surface area (Å²) in [6.07, 6.45) is 4.51. The summed E-state index contributed by atoms with van der Waals surface area (Å²) in [5.74, 6) is -2.67. The van der Waals surface area contributed by atoms with Gasteiger partial charge in [0.25, 0.3) is 5.91 Å². The van der Waals surface area contributed by atoms with E-state index in [1.165, 1.54) is 27.4 Å². The van der Waals surface area contributed by atoms with Crippen LogP contribution in [0.15, 0.2) is 54.7 Å². The number of hydrogen-bond acceptors (Lipinski definition) is 8. The van der Waals surface area contributed by atoms with Crippen LogP contribution in [0, 0.1) is 18.7 Å². The van der Waals surface area contributed by atoms with E-state index >= 15 is 0 Å². The molecule has 220 valence electrons. The van der Waals surface area contributed by atoms with Gasteiger partial charge in [-0.3, -0.25) is 14.3 Å². The Balaban J connectivity index is 0.000000475. The molecule has 1 saturated carbocycles. The van der Waals surface area contributed by atoms with Crippen molar-refractivity contribution in [2.24, 2.45) is 13.0 Å². The average molecular weight is 582 g/mol. The van der Waals surface area contributed by atoms with Crippen molar-refractivity contribution in [2.75, 3.05) is 10.6 Å². The van der Waals surface area contributed by atoms with Gasteiger partial charge in [0.15, 0.2) is 11.5 Å². The van der Waals surface area contributed by atoms with E-state index in [1.54, 1.807) is 38.4 Å². The Hall–Kier alpha value is -5.60. The molecule has 0 atom stereocenters. The Morgan fingerprint density at radius 3 is 2.31 bits per heavy atom. The van der Waals surface area contributed by atoms with E-state index in [2.05, 4.69) is 25.8 Å². The van der Waals surface area contributed by atoms with Crippen molar-refractivity contribution in [1.29, 1.82) is 0 Å². The fourth-order valence-electron chi connectivity index (χ4n) is 3.49. The molecule has 42 heavy (non-hydrogen) atoms. The fourth-order valence-corrected chi connectivity index (χ4v) is 3.49. The predicted molar refractivity (Wildman–Crippen MR) is 148 cm³/mol. The number of imidazole rings is 1. The molecule has 0 aliphatic heterocycles. The smallest absolute Gasteiger partial charge is 0.328 e. The zero-order valence-corrected chi connectivity index (χ0v) is 21.7. The fraction of sp³-hybridized carbons (Fsp3) is 0.222. The molecule has 0 bridgehead atoms. The molecule has 0 radical (unpaired) electrons. The summed E-state index contributed by atoms with van der Waals surface area (Å²) in [5, 5.41) is 29.4. The van der Waals surface area contributed by atoms with Gasteiger partial charge in [-0.2, -0.15) is 5.10 Å². The summed E-state index contributed by atoms with van der Waals surface area (Å²) in [4.78, 5) is 47.9. The maximum Gasteiger partial charge on any atom is 0.328 e. The summed E-state index contributed by atoms with van der Waals surface area (Å²) >= 11 is 0. The second-order valence-electron chi connectivity index (χ2n) is 8.87. The van der Waals surface area contributed by atoms with Crippen molar-refractivity contribution in [1.82, 2.24) is 24.4 Å². The molecule has 0 unspecified atom stereocenters. The number of carboxylic acid groups (broad SMARTS) is 2. The monoisotopic (exact) mass is 581 g/mol. The highest BCUT2D eigenvalue weighted by atomic mass is 19.1. The van der Waals surface area contributed by atoms with Crippen molar-refractivity contribution in [3.8, 4) is 11.6 Å². The first-order valence-electron chi connectivity index (χ1n) is 12.1. The topological polar surface area (TPSA) is 190 Å². The van der Waals surface area contributed by atoms with Crippen LogP contribution >= 0.6 is 0 Å². The van der Waals surface area contributed by atoms with Gasteiger partial charge < -0.3 is 25.6 Å². The average Bonchev–Trinajstić information content (AvgIpc) is 3.60. The lowest BCUT2D eigenvalue weighted by Crippen LogP contribution is -2.16. The first-order valence-corrected chi connectivity index (χ1v) is 12.1. The highest BCUT2D eigenvalue weighted by Gasteiger charge is 2.30. The van der Waals surface area contributed by atoms with Crippen LogP contribution in [0.5, 0.6) is 11.6 Å². The van der Waals surface area contributed by atoms with Crippen molar-refractivity contribution < 1.29 is 38.5 Å². The Labute approximate surface area is 238 Å². The van der Waals surface area contributed by atoms with Crippen molar-refractivity contribution >= 4 is 40.9 Å². The second-order valence-corrected chi connectivity index (χ2v) is 8.87. The number of carbonyl (C=O) groups excluding carboxylic acids is 2. The van der Waals surface area contributed by atoms with Crippen LogP contribution in [-0.2, 0) is 21.4 Å². The van der Waals surface area contributed by atoms with Gasteiger partial charge >= 0.3 is 11.9 Å². The second kappa shape index (κ2) is 13.2. The normalized spacial score (nSPS) is 12.2. The Morgan fingerprint density at radius 1 is 1.02 bits per heavy atom. The number of amides is 2. The lowest BCUT2D eigenvalue weighted by atomic mass is 10.2. The number of fused-ring (bicyclic) bond motifs is 1. The molecular formula is C27H28FN7O7. The molecule has 2 amide bonds. The SMILES string of the molecule is C.Cc1cc(C(=O)Nc2cc(Oc3ccc4nc(NC(=O)C5CC5)cn4n3)ccc2F)n(C)n1.O=C(O)/C=C/C(=O)O. The highest BCUT2D eigenvalue weighted by molar-refractivity contribution is 6.03. The van der Waals surface area contributed by atoms with E-state index in [-0.39, 0.29) is 36.6 Å². The third kappa shape index (κ3) is 8.20. The Kier molecular flexibility index (Phi) is 9.70. The van der Waals surface area contributed by atoms with E-state index in [0.717, 1.165) is 12.8 Å². The van der Waals surface area contributed by atoms with Crippen LogP contribution in [0.2, 0.25) is 0 Å². The molecule has 4 aromatic rings. The molecule has 1 aliphatic carbocycles. The number of ether oxygens (including phenoxy) is 1. The maximum absolute atomic E-state index is 14.3. The third-order valence-corrected chi connectivity index (χ3v) is 5.51. The molecule has 3 heterocycles. The number of nitrogens with zero attached hydrogens (tertiary/aromatic N) is 5. The van der Waals surface area contributed by atoms with Crippen LogP contribution in [0.25, 0.3) is 5.65 Å². The van der Waals surface area contributed by atoms with E-state index < -0.39 is 23.7 Å². The zero-order valence-electron chi connectivity index (χ0n) is 21.7. The molecule has 14 nitrogen and oxygen atoms in total. The first-order chi connectivity index (χ1) is 19.5. The molecule has 1 aromatic carbocycles. The number of nitrogens with one attached hydrogen (secondary N) is 2. The maximum atomic E-state index is 14.3. The van der Waals surface area contributed by atoms with Gasteiger partial charge in [0.1, 0.15) is 17.3 Å². The number of hydrogen-bond donors (Lipinski definition) is 4. The van der Waals surface area contributed by atoms with Gasteiger partial charge in [-0.1, -0.05) is 7.43 Å². The number of aromatic nitrogens is 5. The van der Waals surface area contributed by atoms with Crippen molar-refractivity contribution in [3.05, 3.63) is 72.0 Å². The van der Waals surface area contributed by atoms with E-state index in [1.807, 2.05) is 0 Å². The first kappa shape index (κ1) is 30.9. The quantitative estimate of drug-likeness (QED) is 0.223. The minimum atomic E-state index is -1.26. The minimum absolute atomic E-state index is 0. The standard InChI is InChI=1S/C22H20FN7O3.C4H4O4.CH4/c1-12-9-17(29(2)27-12)22(32)24-16-10-14(5-6-15(16)23)33-20-8-7-19-25-18(11-30(19)28-20)26-21(31)13-3-4-13;5-3(6)1-2-4(7)8;/h5-11,13H,3-4H2,1-2H3,(H,24,32)(H,26,31);1-2H,(H,5,6)(H,7,8);1H4/b;2-1+;. The largest absolute Gasteiger partial charge is 0.478 e. The van der Waals surface area contributed by atoms with Gasteiger partial charge in [-0.15, -0.1) is 5.10 Å². The van der Waals surface area contributed by atoms with Gasteiger partial charge in [-0.25, -0.2) is 23.5 Å². The molecule has 4 N–H and O–H groups in total. The molecule has 15 heteroatoms. The van der Waals surface area contributed by atoms with E-state index in [4.69, 9.17) is 14.9 Å². The lowest BCUT2D eigenvalue weighted by Gasteiger charge is -2.10. The molecule has 0 saturated heterocycles. The minimum Gasteiger partial charge on any atom is -0.478 e. The summed E-state index contributed by atoms with van der Waals surface area (Å²) in [6, 6.07) is 8.90. The van der Waals surface area contributed by atoms with Crippen LogP contribution in [0.3, 0.4) is 0 Å². The summed E-state index contributed by atoms with van der Waals surface area (Å²) < 4.78 is 23.0. The van der Waals surface area contributed by atoms with Crippen LogP contribution in [0.1, 0.15) is 36.5 Å². The van der Waals surface area contributed by atoms with Crippen LogP contribution < -0.4 is 15.4 Å². The van der Waals surface area contributed by atoms with E-state index in [9.17, 15) is 23.6 Å². The zero-order chi connectivity index (χ0) is 29.7. The van der Waals surface area contributed by atoms with Gasteiger partial charge in [0.2, 0.25) is 11.8 Å². The Bertz CT molecular complexity index is 1660. The van der Waals surface area contributed by atoms with Gasteiger partial charge in [0.05, 0.1) is 17.6 Å².